The van der Waals surface area contributed by atoms with Crippen LogP contribution in [0.15, 0.2) is 28.8 Å². The summed E-state index contributed by atoms with van der Waals surface area (Å²) in [4.78, 5) is 7.60. The summed E-state index contributed by atoms with van der Waals surface area (Å²) in [6, 6.07) is 5.80. The predicted molar refractivity (Wildman–Crippen MR) is 82.8 cm³/mol. The Bertz CT molecular complexity index is 864. The number of aromatic nitrogens is 3. The van der Waals surface area contributed by atoms with Crippen LogP contribution in [0, 0.1) is 10.5 Å². The first-order valence-corrected chi connectivity index (χ1v) is 7.50. The molecule has 9 heteroatoms. The van der Waals surface area contributed by atoms with Crippen LogP contribution in [0.2, 0.25) is 0 Å². The molecule has 2 heterocycles. The summed E-state index contributed by atoms with van der Waals surface area (Å²) in [5.41, 5.74) is -0.801. The second-order valence-corrected chi connectivity index (χ2v) is 5.93. The van der Waals surface area contributed by atoms with Gasteiger partial charge < -0.3 is 9.26 Å². The first-order chi connectivity index (χ1) is 10.8. The van der Waals surface area contributed by atoms with Gasteiger partial charge in [0.1, 0.15) is 11.4 Å². The summed E-state index contributed by atoms with van der Waals surface area (Å²) in [6.45, 7) is 1.52. The van der Waals surface area contributed by atoms with E-state index in [2.05, 4.69) is 37.7 Å². The molecular formula is C14H9F3IN3O2. The first kappa shape index (κ1) is 16.0. The minimum atomic E-state index is -4.56. The number of benzene rings is 1. The van der Waals surface area contributed by atoms with Gasteiger partial charge in [0.15, 0.2) is 6.61 Å². The topological polar surface area (TPSA) is 61.0 Å². The van der Waals surface area contributed by atoms with E-state index in [9.17, 15) is 13.2 Å². The molecule has 5 nitrogen and oxygen atoms in total. The van der Waals surface area contributed by atoms with E-state index in [1.807, 2.05) is 0 Å². The molecule has 0 unspecified atom stereocenters. The summed E-state index contributed by atoms with van der Waals surface area (Å²) < 4.78 is 50.1. The zero-order valence-electron chi connectivity index (χ0n) is 11.7. The fourth-order valence-electron chi connectivity index (χ4n) is 1.97. The van der Waals surface area contributed by atoms with E-state index in [1.165, 1.54) is 6.07 Å². The molecule has 0 saturated carbocycles. The zero-order chi connectivity index (χ0) is 16.6. The number of hydrogen-bond acceptors (Lipinski definition) is 5. The first-order valence-electron chi connectivity index (χ1n) is 6.42. The number of halogens is 4. The third kappa shape index (κ3) is 3.54. The Balaban J connectivity index is 2.03. The van der Waals surface area contributed by atoms with Crippen LogP contribution in [0.1, 0.15) is 17.4 Å². The van der Waals surface area contributed by atoms with Gasteiger partial charge in [-0.2, -0.15) is 18.2 Å². The fraction of sp³-hybridized carbons (Fsp3) is 0.214. The van der Waals surface area contributed by atoms with Gasteiger partial charge in [0.2, 0.25) is 11.7 Å². The molecule has 0 radical (unpaired) electrons. The molecule has 0 aliphatic heterocycles. The van der Waals surface area contributed by atoms with E-state index < -0.39 is 11.9 Å². The Labute approximate surface area is 142 Å². The maximum Gasteiger partial charge on any atom is 0.433 e. The van der Waals surface area contributed by atoms with E-state index in [-0.39, 0.29) is 23.7 Å². The average molecular weight is 435 g/mol. The van der Waals surface area contributed by atoms with Crippen LogP contribution in [-0.4, -0.2) is 15.1 Å². The lowest BCUT2D eigenvalue weighted by atomic mass is 10.2. The number of hydrogen-bond donors (Lipinski definition) is 0. The normalized spacial score (nSPS) is 11.9. The van der Waals surface area contributed by atoms with Crippen molar-refractivity contribution in [2.75, 3.05) is 0 Å². The van der Waals surface area contributed by atoms with Gasteiger partial charge in [0, 0.05) is 21.9 Å². The Hall–Kier alpha value is -1.91. The quantitative estimate of drug-likeness (QED) is 0.580. The molecule has 0 bridgehead atoms. The number of fused-ring (bicyclic) bond motifs is 1. The molecule has 0 N–H and O–H groups in total. The van der Waals surface area contributed by atoms with Gasteiger partial charge in [-0.05, 0) is 40.8 Å². The zero-order valence-corrected chi connectivity index (χ0v) is 13.8. The van der Waals surface area contributed by atoms with Gasteiger partial charge in [-0.3, -0.25) is 0 Å². The second-order valence-electron chi connectivity index (χ2n) is 4.68. The van der Waals surface area contributed by atoms with Crippen LogP contribution in [-0.2, 0) is 12.8 Å². The largest absolute Gasteiger partial charge is 0.485 e. The summed E-state index contributed by atoms with van der Waals surface area (Å²) in [7, 11) is 0. The van der Waals surface area contributed by atoms with E-state index in [0.29, 0.717) is 11.3 Å². The van der Waals surface area contributed by atoms with Crippen LogP contribution in [0.4, 0.5) is 13.2 Å². The summed E-state index contributed by atoms with van der Waals surface area (Å²) in [6.07, 6.45) is -4.56. The lowest BCUT2D eigenvalue weighted by molar-refractivity contribution is -0.141. The summed E-state index contributed by atoms with van der Waals surface area (Å²) in [5, 5.41) is 4.14. The van der Waals surface area contributed by atoms with Crippen LogP contribution in [0.25, 0.3) is 10.9 Å². The van der Waals surface area contributed by atoms with Crippen molar-refractivity contribution in [1.82, 2.24) is 15.1 Å². The maximum absolute atomic E-state index is 13.0. The lowest BCUT2D eigenvalue weighted by Gasteiger charge is -2.12. The molecule has 0 atom stereocenters. The number of ether oxygens (including phenoxy) is 1. The van der Waals surface area contributed by atoms with Crippen molar-refractivity contribution in [3.63, 3.8) is 0 Å². The minimum absolute atomic E-state index is 0.0725. The SMILES string of the molecule is Cc1nc(COc2cc(C(F)(F)F)nc3ccc(I)cc23)no1. The molecule has 2 aromatic heterocycles. The molecular weight excluding hydrogens is 426 g/mol. The Morgan fingerprint density at radius 2 is 2.00 bits per heavy atom. The molecule has 0 spiro atoms. The third-order valence-corrected chi connectivity index (χ3v) is 3.62. The predicted octanol–water partition coefficient (Wildman–Crippen LogP) is 4.13. The van der Waals surface area contributed by atoms with Crippen molar-refractivity contribution in [2.45, 2.75) is 19.7 Å². The Morgan fingerprint density at radius 1 is 1.22 bits per heavy atom. The van der Waals surface area contributed by atoms with Crippen molar-refractivity contribution < 1.29 is 22.4 Å². The van der Waals surface area contributed by atoms with Gasteiger partial charge in [-0.15, -0.1) is 0 Å². The highest BCUT2D eigenvalue weighted by molar-refractivity contribution is 14.1. The van der Waals surface area contributed by atoms with Gasteiger partial charge in [0.05, 0.1) is 5.52 Å². The molecule has 0 amide bonds. The highest BCUT2D eigenvalue weighted by Crippen LogP contribution is 2.35. The van der Waals surface area contributed by atoms with Crippen LogP contribution in [0.5, 0.6) is 5.75 Å². The van der Waals surface area contributed by atoms with E-state index in [1.54, 1.807) is 19.1 Å². The van der Waals surface area contributed by atoms with Gasteiger partial charge in [-0.1, -0.05) is 5.16 Å². The van der Waals surface area contributed by atoms with E-state index >= 15 is 0 Å². The number of rotatable bonds is 3. The fourth-order valence-corrected chi connectivity index (χ4v) is 2.47. The highest BCUT2D eigenvalue weighted by atomic mass is 127. The molecule has 0 aliphatic rings. The molecule has 0 aliphatic carbocycles. The smallest absolute Gasteiger partial charge is 0.433 e. The monoisotopic (exact) mass is 435 g/mol. The third-order valence-electron chi connectivity index (χ3n) is 2.95. The molecule has 0 fully saturated rings. The lowest BCUT2D eigenvalue weighted by Crippen LogP contribution is -2.09. The summed E-state index contributed by atoms with van der Waals surface area (Å²) in [5.74, 6) is 0.684. The molecule has 23 heavy (non-hydrogen) atoms. The second kappa shape index (κ2) is 5.95. The number of aryl methyl sites for hydroxylation is 1. The summed E-state index contributed by atoms with van der Waals surface area (Å²) >= 11 is 2.07. The van der Waals surface area contributed by atoms with E-state index in [4.69, 9.17) is 9.26 Å². The standard InChI is InChI=1S/C14H9F3IN3O2/c1-7-19-13(21-23-7)6-22-11-5-12(14(15,16)17)20-10-3-2-8(18)4-9(10)11/h2-5H,6H2,1H3. The van der Waals surface area contributed by atoms with Gasteiger partial charge in [0.25, 0.3) is 0 Å². The van der Waals surface area contributed by atoms with Gasteiger partial charge >= 0.3 is 6.18 Å². The van der Waals surface area contributed by atoms with Gasteiger partial charge in [-0.25, -0.2) is 4.98 Å². The Kier molecular flexibility index (Phi) is 4.13. The average Bonchev–Trinajstić information content (AvgIpc) is 2.89. The molecule has 1 aromatic carbocycles. The minimum Gasteiger partial charge on any atom is -0.485 e. The van der Waals surface area contributed by atoms with Crippen molar-refractivity contribution in [1.29, 1.82) is 0 Å². The van der Waals surface area contributed by atoms with Crippen molar-refractivity contribution >= 4 is 33.5 Å². The van der Waals surface area contributed by atoms with Crippen molar-refractivity contribution in [2.24, 2.45) is 0 Å². The molecule has 120 valence electrons. The van der Waals surface area contributed by atoms with E-state index in [0.717, 1.165) is 9.64 Å². The number of pyridine rings is 1. The van der Waals surface area contributed by atoms with Crippen molar-refractivity contribution in [3.8, 4) is 5.75 Å². The number of alkyl halides is 3. The molecule has 3 rings (SSSR count). The highest BCUT2D eigenvalue weighted by Gasteiger charge is 2.33. The number of nitrogens with zero attached hydrogens (tertiary/aromatic N) is 3. The van der Waals surface area contributed by atoms with Crippen LogP contribution in [0.3, 0.4) is 0 Å². The van der Waals surface area contributed by atoms with Crippen LogP contribution < -0.4 is 4.74 Å². The molecule has 0 saturated heterocycles. The van der Waals surface area contributed by atoms with Crippen molar-refractivity contribution in [3.05, 3.63) is 45.2 Å². The van der Waals surface area contributed by atoms with Crippen LogP contribution >= 0.6 is 22.6 Å². The maximum atomic E-state index is 13.0. The molecule has 3 aromatic rings. The Morgan fingerprint density at radius 3 is 2.65 bits per heavy atom.